The smallest absolute Gasteiger partial charge is 0.408 e. The first kappa shape index (κ1) is 29.1. The molecule has 9 heteroatoms. The predicted molar refractivity (Wildman–Crippen MR) is 138 cm³/mol. The highest BCUT2D eigenvalue weighted by molar-refractivity contribution is 5.92. The molecule has 2 unspecified atom stereocenters. The first-order valence-electron chi connectivity index (χ1n) is 12.9. The molecule has 1 aromatic rings. The lowest BCUT2D eigenvalue weighted by Crippen LogP contribution is -2.54. The van der Waals surface area contributed by atoms with E-state index in [1.165, 1.54) is 4.90 Å². The molecule has 0 aromatic heterocycles. The van der Waals surface area contributed by atoms with Crippen LogP contribution in [0.15, 0.2) is 24.3 Å². The Bertz CT molecular complexity index is 904. The second-order valence-electron chi connectivity index (χ2n) is 10.5. The number of likely N-dealkylation sites (N-methyl/N-ethyl adjacent to an activating group) is 1. The van der Waals surface area contributed by atoms with Crippen LogP contribution in [0.25, 0.3) is 0 Å². The van der Waals surface area contributed by atoms with Crippen LogP contribution >= 0.6 is 0 Å². The fourth-order valence-corrected chi connectivity index (χ4v) is 4.41. The number of alkyl carbamates (subject to hydrolysis) is 1. The Morgan fingerprint density at radius 3 is 2.22 bits per heavy atom. The van der Waals surface area contributed by atoms with Gasteiger partial charge in [-0.25, -0.2) is 4.79 Å². The molecule has 4 N–H and O–H groups in total. The van der Waals surface area contributed by atoms with Gasteiger partial charge in [0.25, 0.3) is 0 Å². The molecule has 1 saturated carbocycles. The molecule has 9 nitrogen and oxygen atoms in total. The largest absolute Gasteiger partial charge is 0.444 e. The molecular weight excluding hydrogens is 460 g/mol. The number of hydrogen-bond donors (Lipinski definition) is 3. The van der Waals surface area contributed by atoms with Gasteiger partial charge >= 0.3 is 6.09 Å². The molecule has 0 bridgehead atoms. The Morgan fingerprint density at radius 2 is 1.69 bits per heavy atom. The van der Waals surface area contributed by atoms with E-state index in [4.69, 9.17) is 10.5 Å². The zero-order valence-corrected chi connectivity index (χ0v) is 22.3. The number of nitrogens with one attached hydrogen (secondary N) is 2. The molecule has 1 aliphatic carbocycles. The maximum absolute atomic E-state index is 13.8. The zero-order valence-electron chi connectivity index (χ0n) is 22.3. The summed E-state index contributed by atoms with van der Waals surface area (Å²) in [7, 11) is 0. The van der Waals surface area contributed by atoms with Gasteiger partial charge in [0.15, 0.2) is 0 Å². The summed E-state index contributed by atoms with van der Waals surface area (Å²) >= 11 is 0. The number of amides is 4. The molecule has 2 rings (SSSR count). The molecule has 36 heavy (non-hydrogen) atoms. The van der Waals surface area contributed by atoms with Crippen LogP contribution in [0, 0.1) is 6.92 Å². The number of carbonyl (C=O) groups excluding carboxylic acids is 4. The van der Waals surface area contributed by atoms with Crippen molar-refractivity contribution in [3.63, 3.8) is 0 Å². The number of carbonyl (C=O) groups is 4. The minimum absolute atomic E-state index is 0.00519. The highest BCUT2D eigenvalue weighted by Crippen LogP contribution is 2.25. The molecule has 1 aliphatic rings. The van der Waals surface area contributed by atoms with E-state index >= 15 is 0 Å². The predicted octanol–water partition coefficient (Wildman–Crippen LogP) is 3.49. The summed E-state index contributed by atoms with van der Waals surface area (Å²) in [5.41, 5.74) is 6.27. The monoisotopic (exact) mass is 502 g/mol. The lowest BCUT2D eigenvalue weighted by Gasteiger charge is -2.35. The van der Waals surface area contributed by atoms with Crippen molar-refractivity contribution in [2.24, 2.45) is 5.73 Å². The van der Waals surface area contributed by atoms with E-state index in [0.29, 0.717) is 5.56 Å². The number of nitrogens with zero attached hydrogens (tertiary/aromatic N) is 1. The molecule has 0 spiro atoms. The van der Waals surface area contributed by atoms with Crippen molar-refractivity contribution >= 4 is 23.8 Å². The van der Waals surface area contributed by atoms with E-state index < -0.39 is 35.6 Å². The third kappa shape index (κ3) is 9.17. The van der Waals surface area contributed by atoms with E-state index in [1.54, 1.807) is 27.7 Å². The lowest BCUT2D eigenvalue weighted by atomic mass is 9.94. The van der Waals surface area contributed by atoms with Gasteiger partial charge in [0.1, 0.15) is 17.7 Å². The Hall–Kier alpha value is -3.10. The van der Waals surface area contributed by atoms with E-state index in [-0.39, 0.29) is 31.3 Å². The van der Waals surface area contributed by atoms with Crippen molar-refractivity contribution in [3.8, 4) is 0 Å². The number of rotatable bonds is 10. The SMILES string of the molecule is CCN(C(=O)C(CCC(N)=O)NC(=O)OC(C)(C)C)C(C(=O)NC1CCCCC1)c1ccc(C)cc1. The Labute approximate surface area is 214 Å². The molecular formula is C27H42N4O5. The van der Waals surface area contributed by atoms with Gasteiger partial charge in [-0.05, 0) is 59.4 Å². The van der Waals surface area contributed by atoms with Crippen molar-refractivity contribution in [2.45, 2.75) is 103 Å². The van der Waals surface area contributed by atoms with Gasteiger partial charge in [0, 0.05) is 19.0 Å². The topological polar surface area (TPSA) is 131 Å². The summed E-state index contributed by atoms with van der Waals surface area (Å²) in [6.45, 7) is 9.11. The summed E-state index contributed by atoms with van der Waals surface area (Å²) in [6.07, 6.45) is 4.21. The molecule has 2 atom stereocenters. The van der Waals surface area contributed by atoms with Crippen LogP contribution in [0.5, 0.6) is 0 Å². The van der Waals surface area contributed by atoms with E-state index in [9.17, 15) is 19.2 Å². The molecule has 200 valence electrons. The molecule has 4 amide bonds. The van der Waals surface area contributed by atoms with Crippen LogP contribution in [0.2, 0.25) is 0 Å². The number of benzene rings is 1. The molecule has 1 aromatic carbocycles. The number of aryl methyl sites for hydroxylation is 1. The van der Waals surface area contributed by atoms with E-state index in [2.05, 4.69) is 10.6 Å². The van der Waals surface area contributed by atoms with Crippen molar-refractivity contribution in [1.82, 2.24) is 15.5 Å². The molecule has 0 heterocycles. The summed E-state index contributed by atoms with van der Waals surface area (Å²) in [5, 5.41) is 5.73. The van der Waals surface area contributed by atoms with E-state index in [0.717, 1.165) is 37.7 Å². The van der Waals surface area contributed by atoms with Gasteiger partial charge < -0.3 is 26.0 Å². The number of ether oxygens (including phenoxy) is 1. The lowest BCUT2D eigenvalue weighted by molar-refractivity contribution is -0.142. The maximum atomic E-state index is 13.8. The number of nitrogens with two attached hydrogens (primary N) is 1. The zero-order chi connectivity index (χ0) is 26.9. The summed E-state index contributed by atoms with van der Waals surface area (Å²) in [6, 6.07) is 5.59. The minimum Gasteiger partial charge on any atom is -0.444 e. The van der Waals surface area contributed by atoms with Gasteiger partial charge in [-0.2, -0.15) is 0 Å². The quantitative estimate of drug-likeness (QED) is 0.451. The van der Waals surface area contributed by atoms with E-state index in [1.807, 2.05) is 31.2 Å². The normalized spacial score (nSPS) is 15.9. The van der Waals surface area contributed by atoms with Crippen molar-refractivity contribution in [3.05, 3.63) is 35.4 Å². The highest BCUT2D eigenvalue weighted by atomic mass is 16.6. The van der Waals surface area contributed by atoms with Gasteiger partial charge in [-0.15, -0.1) is 0 Å². The first-order valence-corrected chi connectivity index (χ1v) is 12.9. The van der Waals surface area contributed by atoms with Gasteiger partial charge in [-0.1, -0.05) is 49.1 Å². The first-order chi connectivity index (χ1) is 16.9. The number of hydrogen-bond acceptors (Lipinski definition) is 5. The van der Waals surface area contributed by atoms with Crippen LogP contribution < -0.4 is 16.4 Å². The summed E-state index contributed by atoms with van der Waals surface area (Å²) < 4.78 is 5.33. The third-order valence-corrected chi connectivity index (χ3v) is 6.20. The molecule has 0 radical (unpaired) electrons. The Balaban J connectivity index is 2.36. The highest BCUT2D eigenvalue weighted by Gasteiger charge is 2.36. The van der Waals surface area contributed by atoms with Crippen molar-refractivity contribution < 1.29 is 23.9 Å². The van der Waals surface area contributed by atoms with Crippen LogP contribution in [0.1, 0.15) is 89.8 Å². The van der Waals surface area contributed by atoms with Crippen LogP contribution in [-0.2, 0) is 19.1 Å². The molecule has 0 saturated heterocycles. The molecule has 1 fully saturated rings. The van der Waals surface area contributed by atoms with Gasteiger partial charge in [-0.3, -0.25) is 14.4 Å². The van der Waals surface area contributed by atoms with Gasteiger partial charge in [0.05, 0.1) is 0 Å². The fraction of sp³-hybridized carbons (Fsp3) is 0.630. The van der Waals surface area contributed by atoms with Crippen LogP contribution in [0.4, 0.5) is 4.79 Å². The Kier molecular flexibility index (Phi) is 10.7. The standard InChI is InChI=1S/C27H42N4O5/c1-6-31(25(34)21(16-17-22(28)32)30-26(35)36-27(3,4)5)23(19-14-12-18(2)13-15-19)24(33)29-20-10-8-7-9-11-20/h12-15,20-21,23H,6-11,16-17H2,1-5H3,(H2,28,32)(H,29,33)(H,30,35). The maximum Gasteiger partial charge on any atom is 0.408 e. The second-order valence-corrected chi connectivity index (χ2v) is 10.5. The summed E-state index contributed by atoms with van der Waals surface area (Å²) in [5.74, 6) is -1.33. The van der Waals surface area contributed by atoms with Crippen molar-refractivity contribution in [1.29, 1.82) is 0 Å². The third-order valence-electron chi connectivity index (χ3n) is 6.20. The average Bonchev–Trinajstić information content (AvgIpc) is 2.79. The average molecular weight is 503 g/mol. The minimum atomic E-state index is -1.08. The van der Waals surface area contributed by atoms with Gasteiger partial charge in [0.2, 0.25) is 17.7 Å². The second kappa shape index (κ2) is 13.3. The van der Waals surface area contributed by atoms with Crippen LogP contribution in [-0.4, -0.2) is 52.9 Å². The van der Waals surface area contributed by atoms with Crippen molar-refractivity contribution in [2.75, 3.05) is 6.54 Å². The summed E-state index contributed by atoms with van der Waals surface area (Å²) in [4.78, 5) is 52.8. The Morgan fingerprint density at radius 1 is 1.08 bits per heavy atom. The van der Waals surface area contributed by atoms with Crippen LogP contribution in [0.3, 0.4) is 0 Å². The molecule has 0 aliphatic heterocycles. The fourth-order valence-electron chi connectivity index (χ4n) is 4.41. The number of primary amides is 1.